The molecule has 0 atom stereocenters. The van der Waals surface area contributed by atoms with E-state index in [4.69, 9.17) is 0 Å². The summed E-state index contributed by atoms with van der Waals surface area (Å²) < 4.78 is 13.1. The van der Waals surface area contributed by atoms with E-state index in [1.807, 2.05) is 13.0 Å². The lowest BCUT2D eigenvalue weighted by atomic mass is 9.94. The summed E-state index contributed by atoms with van der Waals surface area (Å²) in [5.74, 6) is -0.577. The minimum absolute atomic E-state index is 0.0998. The number of hydrogen-bond acceptors (Lipinski definition) is 2. The second-order valence-corrected chi connectivity index (χ2v) is 6.25. The first-order chi connectivity index (χ1) is 11.4. The maximum absolute atomic E-state index is 13.1. The second kappa shape index (κ2) is 6.07. The summed E-state index contributed by atoms with van der Waals surface area (Å²) in [5.41, 5.74) is 2.46. The van der Waals surface area contributed by atoms with Gasteiger partial charge in [0.1, 0.15) is 5.82 Å². The van der Waals surface area contributed by atoms with Crippen molar-refractivity contribution in [3.63, 3.8) is 0 Å². The molecule has 0 aromatic heterocycles. The molecule has 0 aliphatic heterocycles. The lowest BCUT2D eigenvalue weighted by molar-refractivity contribution is -0.118. The highest BCUT2D eigenvalue weighted by Gasteiger charge is 2.51. The highest BCUT2D eigenvalue weighted by Crippen LogP contribution is 2.49. The summed E-state index contributed by atoms with van der Waals surface area (Å²) in [7, 11) is 0. The first kappa shape index (κ1) is 16.2. The van der Waals surface area contributed by atoms with E-state index in [0.717, 1.165) is 24.0 Å². The van der Waals surface area contributed by atoms with Crippen molar-refractivity contribution in [1.29, 1.82) is 0 Å². The van der Waals surface area contributed by atoms with Gasteiger partial charge in [0, 0.05) is 18.3 Å². The van der Waals surface area contributed by atoms with Gasteiger partial charge in [-0.3, -0.25) is 9.59 Å². The molecule has 5 heteroatoms. The van der Waals surface area contributed by atoms with Gasteiger partial charge in [-0.15, -0.1) is 0 Å². The van der Waals surface area contributed by atoms with Gasteiger partial charge in [-0.05, 0) is 55.2 Å². The molecule has 0 unspecified atom stereocenters. The standard InChI is InChI=1S/C19H19FN2O2/c1-12-3-8-16(21-13(2)23)11-17(12)22-18(24)19(9-10-19)14-4-6-15(20)7-5-14/h3-8,11H,9-10H2,1-2H3,(H,21,23)(H,22,24). The largest absolute Gasteiger partial charge is 0.326 e. The fourth-order valence-electron chi connectivity index (χ4n) is 2.82. The van der Waals surface area contributed by atoms with Crippen LogP contribution < -0.4 is 10.6 Å². The van der Waals surface area contributed by atoms with Crippen molar-refractivity contribution < 1.29 is 14.0 Å². The van der Waals surface area contributed by atoms with Gasteiger partial charge in [0.15, 0.2) is 0 Å². The Kier molecular flexibility index (Phi) is 4.09. The number of carbonyl (C=O) groups is 2. The van der Waals surface area contributed by atoms with Crippen LogP contribution in [0.5, 0.6) is 0 Å². The Morgan fingerprint density at radius 3 is 2.29 bits per heavy atom. The SMILES string of the molecule is CC(=O)Nc1ccc(C)c(NC(=O)C2(c3ccc(F)cc3)CC2)c1. The molecule has 0 bridgehead atoms. The first-order valence-electron chi connectivity index (χ1n) is 7.86. The number of carbonyl (C=O) groups excluding carboxylic acids is 2. The number of anilines is 2. The van der Waals surface area contributed by atoms with Gasteiger partial charge in [0.25, 0.3) is 0 Å². The summed E-state index contributed by atoms with van der Waals surface area (Å²) in [6.07, 6.45) is 1.49. The predicted molar refractivity (Wildman–Crippen MR) is 91.4 cm³/mol. The second-order valence-electron chi connectivity index (χ2n) is 6.25. The average molecular weight is 326 g/mol. The van der Waals surface area contributed by atoms with Gasteiger partial charge in [0.05, 0.1) is 5.41 Å². The molecular weight excluding hydrogens is 307 g/mol. The maximum atomic E-state index is 13.1. The van der Waals surface area contributed by atoms with E-state index in [1.165, 1.54) is 19.1 Å². The van der Waals surface area contributed by atoms with Crippen molar-refractivity contribution in [2.24, 2.45) is 0 Å². The van der Waals surface area contributed by atoms with E-state index in [-0.39, 0.29) is 17.6 Å². The third kappa shape index (κ3) is 3.15. The highest BCUT2D eigenvalue weighted by atomic mass is 19.1. The van der Waals surface area contributed by atoms with Gasteiger partial charge in [0.2, 0.25) is 11.8 Å². The summed E-state index contributed by atoms with van der Waals surface area (Å²) in [6.45, 7) is 3.33. The lowest BCUT2D eigenvalue weighted by Gasteiger charge is -2.17. The topological polar surface area (TPSA) is 58.2 Å². The van der Waals surface area contributed by atoms with Crippen molar-refractivity contribution >= 4 is 23.2 Å². The molecule has 0 radical (unpaired) electrons. The van der Waals surface area contributed by atoms with Crippen LogP contribution in [-0.4, -0.2) is 11.8 Å². The third-order valence-corrected chi connectivity index (χ3v) is 4.39. The molecule has 1 aliphatic carbocycles. The molecule has 4 nitrogen and oxygen atoms in total. The zero-order valence-electron chi connectivity index (χ0n) is 13.7. The maximum Gasteiger partial charge on any atom is 0.235 e. The zero-order valence-corrected chi connectivity index (χ0v) is 13.7. The third-order valence-electron chi connectivity index (χ3n) is 4.39. The van der Waals surface area contributed by atoms with E-state index in [9.17, 15) is 14.0 Å². The molecule has 2 amide bonds. The molecule has 0 spiro atoms. The Morgan fingerprint density at radius 2 is 1.71 bits per heavy atom. The Balaban J connectivity index is 1.82. The number of rotatable bonds is 4. The van der Waals surface area contributed by atoms with Crippen molar-refractivity contribution in [2.75, 3.05) is 10.6 Å². The molecule has 24 heavy (non-hydrogen) atoms. The number of benzene rings is 2. The predicted octanol–water partition coefficient (Wildman–Crippen LogP) is 3.76. The van der Waals surface area contributed by atoms with Crippen molar-refractivity contribution in [2.45, 2.75) is 32.1 Å². The molecule has 0 saturated heterocycles. The van der Waals surface area contributed by atoms with Crippen LogP contribution in [0.3, 0.4) is 0 Å². The van der Waals surface area contributed by atoms with Crippen LogP contribution in [0.15, 0.2) is 42.5 Å². The van der Waals surface area contributed by atoms with Gasteiger partial charge < -0.3 is 10.6 Å². The van der Waals surface area contributed by atoms with Crippen LogP contribution >= 0.6 is 0 Å². The Labute approximate surface area is 140 Å². The van der Waals surface area contributed by atoms with Crippen LogP contribution in [-0.2, 0) is 15.0 Å². The number of halogens is 1. The number of aryl methyl sites for hydroxylation is 1. The normalized spacial score (nSPS) is 14.8. The van der Waals surface area contributed by atoms with Crippen molar-refractivity contribution in [3.05, 3.63) is 59.4 Å². The smallest absolute Gasteiger partial charge is 0.235 e. The van der Waals surface area contributed by atoms with Crippen LogP contribution in [0.1, 0.15) is 30.9 Å². The summed E-state index contributed by atoms with van der Waals surface area (Å²) in [5, 5.41) is 5.66. The molecule has 1 saturated carbocycles. The minimum Gasteiger partial charge on any atom is -0.326 e. The van der Waals surface area contributed by atoms with Gasteiger partial charge in [-0.2, -0.15) is 0 Å². The highest BCUT2D eigenvalue weighted by molar-refractivity contribution is 6.02. The minimum atomic E-state index is -0.579. The number of hydrogen-bond donors (Lipinski definition) is 2. The lowest BCUT2D eigenvalue weighted by Crippen LogP contribution is -2.28. The fourth-order valence-corrected chi connectivity index (χ4v) is 2.82. The summed E-state index contributed by atoms with van der Waals surface area (Å²) in [4.78, 5) is 24.0. The molecule has 2 N–H and O–H groups in total. The Morgan fingerprint density at radius 1 is 1.04 bits per heavy atom. The van der Waals surface area contributed by atoms with Gasteiger partial charge >= 0.3 is 0 Å². The molecule has 1 aliphatic rings. The van der Waals surface area contributed by atoms with Crippen LogP contribution in [0.2, 0.25) is 0 Å². The van der Waals surface area contributed by atoms with E-state index in [2.05, 4.69) is 10.6 Å². The molecule has 124 valence electrons. The van der Waals surface area contributed by atoms with Crippen molar-refractivity contribution in [1.82, 2.24) is 0 Å². The molecule has 2 aromatic rings. The van der Waals surface area contributed by atoms with Gasteiger partial charge in [-0.1, -0.05) is 18.2 Å². The monoisotopic (exact) mass is 326 g/mol. The molecule has 2 aromatic carbocycles. The Hall–Kier alpha value is -2.69. The first-order valence-corrected chi connectivity index (χ1v) is 7.86. The average Bonchev–Trinajstić information content (AvgIpc) is 3.32. The van der Waals surface area contributed by atoms with Gasteiger partial charge in [-0.25, -0.2) is 4.39 Å². The van der Waals surface area contributed by atoms with Crippen LogP contribution in [0, 0.1) is 12.7 Å². The van der Waals surface area contributed by atoms with E-state index in [0.29, 0.717) is 11.4 Å². The number of nitrogens with one attached hydrogen (secondary N) is 2. The van der Waals surface area contributed by atoms with E-state index >= 15 is 0 Å². The summed E-state index contributed by atoms with van der Waals surface area (Å²) >= 11 is 0. The quantitative estimate of drug-likeness (QED) is 0.899. The molecule has 1 fully saturated rings. The van der Waals surface area contributed by atoms with Crippen LogP contribution in [0.25, 0.3) is 0 Å². The molecule has 3 rings (SSSR count). The summed E-state index contributed by atoms with van der Waals surface area (Å²) in [6, 6.07) is 11.5. The molecular formula is C19H19FN2O2. The molecule has 0 heterocycles. The Bertz CT molecular complexity index is 796. The zero-order chi connectivity index (χ0) is 17.3. The fraction of sp³-hybridized carbons (Fsp3) is 0.263. The van der Waals surface area contributed by atoms with Crippen molar-refractivity contribution in [3.8, 4) is 0 Å². The van der Waals surface area contributed by atoms with E-state index in [1.54, 1.807) is 24.3 Å². The van der Waals surface area contributed by atoms with E-state index < -0.39 is 5.41 Å². The number of amides is 2. The van der Waals surface area contributed by atoms with Crippen LogP contribution in [0.4, 0.5) is 15.8 Å².